The third-order valence-electron chi connectivity index (χ3n) is 3.06. The molecule has 21 heavy (non-hydrogen) atoms. The van der Waals surface area contributed by atoms with Gasteiger partial charge in [0.1, 0.15) is 12.4 Å². The van der Waals surface area contributed by atoms with E-state index in [2.05, 4.69) is 20.7 Å². The molecule has 0 unspecified atom stereocenters. The van der Waals surface area contributed by atoms with Gasteiger partial charge in [0.15, 0.2) is 0 Å². The van der Waals surface area contributed by atoms with Crippen LogP contribution >= 0.6 is 15.9 Å². The van der Waals surface area contributed by atoms with Crippen molar-refractivity contribution in [1.82, 2.24) is 0 Å². The van der Waals surface area contributed by atoms with E-state index in [0.29, 0.717) is 19.4 Å². The normalized spacial score (nSPS) is 10.2. The monoisotopic (exact) mass is 348 g/mol. The molecule has 0 aliphatic heterocycles. The number of methoxy groups -OCH3 is 1. The molecule has 0 fully saturated rings. The van der Waals surface area contributed by atoms with Crippen molar-refractivity contribution < 1.29 is 14.3 Å². The van der Waals surface area contributed by atoms with Gasteiger partial charge in [-0.2, -0.15) is 0 Å². The highest BCUT2D eigenvalue weighted by atomic mass is 79.9. The van der Waals surface area contributed by atoms with Crippen LogP contribution in [0.25, 0.3) is 0 Å². The second-order valence-electron chi connectivity index (χ2n) is 4.64. The summed E-state index contributed by atoms with van der Waals surface area (Å²) < 4.78 is 11.4. The topological polar surface area (TPSA) is 35.5 Å². The summed E-state index contributed by atoms with van der Waals surface area (Å²) in [6, 6.07) is 15.8. The van der Waals surface area contributed by atoms with Crippen LogP contribution in [-0.2, 0) is 22.6 Å². The first-order valence-corrected chi connectivity index (χ1v) is 7.49. The van der Waals surface area contributed by atoms with E-state index in [1.54, 1.807) is 0 Å². The Morgan fingerprint density at radius 3 is 2.52 bits per heavy atom. The quantitative estimate of drug-likeness (QED) is 0.736. The minimum atomic E-state index is -0.190. The number of ether oxygens (including phenoxy) is 2. The summed E-state index contributed by atoms with van der Waals surface area (Å²) in [4.78, 5) is 11.1. The molecule has 0 aliphatic carbocycles. The van der Waals surface area contributed by atoms with Gasteiger partial charge in [-0.25, -0.2) is 0 Å². The Morgan fingerprint density at radius 1 is 1.10 bits per heavy atom. The number of rotatable bonds is 6. The first-order chi connectivity index (χ1) is 10.2. The molecule has 0 spiro atoms. The summed E-state index contributed by atoms with van der Waals surface area (Å²) in [6.45, 7) is 0.529. The minimum absolute atomic E-state index is 0.190. The predicted octanol–water partition coefficient (Wildman–Crippen LogP) is 4.13. The average Bonchev–Trinajstić information content (AvgIpc) is 2.51. The summed E-state index contributed by atoms with van der Waals surface area (Å²) >= 11 is 3.44. The lowest BCUT2D eigenvalue weighted by molar-refractivity contribution is -0.140. The molecule has 0 saturated heterocycles. The number of hydrogen-bond donors (Lipinski definition) is 0. The van der Waals surface area contributed by atoms with E-state index in [-0.39, 0.29) is 5.97 Å². The van der Waals surface area contributed by atoms with E-state index in [1.807, 2.05) is 48.5 Å². The number of hydrogen-bond acceptors (Lipinski definition) is 3. The molecule has 0 heterocycles. The standard InChI is InChI=1S/C17H17BrO3/c1-20-17(19)10-7-13-5-8-16(9-6-13)21-12-14-3-2-4-15(18)11-14/h2-6,8-9,11H,7,10,12H2,1H3. The van der Waals surface area contributed by atoms with E-state index < -0.39 is 0 Å². The number of carbonyl (C=O) groups excluding carboxylic acids is 1. The van der Waals surface area contributed by atoms with Crippen molar-refractivity contribution in [2.75, 3.05) is 7.11 Å². The van der Waals surface area contributed by atoms with Crippen LogP contribution in [0.15, 0.2) is 53.0 Å². The fraction of sp³-hybridized carbons (Fsp3) is 0.235. The van der Waals surface area contributed by atoms with Gasteiger partial charge in [0, 0.05) is 10.9 Å². The van der Waals surface area contributed by atoms with Crippen LogP contribution in [-0.4, -0.2) is 13.1 Å². The summed E-state index contributed by atoms with van der Waals surface area (Å²) in [5.41, 5.74) is 2.20. The van der Waals surface area contributed by atoms with Crippen LogP contribution in [0.2, 0.25) is 0 Å². The van der Waals surface area contributed by atoms with Crippen LogP contribution in [0.4, 0.5) is 0 Å². The fourth-order valence-electron chi connectivity index (χ4n) is 1.89. The van der Waals surface area contributed by atoms with E-state index in [1.165, 1.54) is 7.11 Å². The van der Waals surface area contributed by atoms with Crippen molar-refractivity contribution in [1.29, 1.82) is 0 Å². The molecule has 3 nitrogen and oxygen atoms in total. The Morgan fingerprint density at radius 2 is 1.86 bits per heavy atom. The SMILES string of the molecule is COC(=O)CCc1ccc(OCc2cccc(Br)c2)cc1. The predicted molar refractivity (Wildman–Crippen MR) is 85.3 cm³/mol. The zero-order valence-corrected chi connectivity index (χ0v) is 13.4. The molecule has 2 aromatic carbocycles. The van der Waals surface area contributed by atoms with Gasteiger partial charge in [0.05, 0.1) is 7.11 Å². The minimum Gasteiger partial charge on any atom is -0.489 e. The molecule has 2 rings (SSSR count). The average molecular weight is 349 g/mol. The molecule has 110 valence electrons. The van der Waals surface area contributed by atoms with E-state index in [4.69, 9.17) is 4.74 Å². The van der Waals surface area contributed by atoms with E-state index in [0.717, 1.165) is 21.3 Å². The number of benzene rings is 2. The fourth-order valence-corrected chi connectivity index (χ4v) is 2.34. The molecule has 0 radical (unpaired) electrons. The van der Waals surface area contributed by atoms with Gasteiger partial charge in [-0.15, -0.1) is 0 Å². The third kappa shape index (κ3) is 5.23. The van der Waals surface area contributed by atoms with E-state index >= 15 is 0 Å². The summed E-state index contributed by atoms with van der Waals surface area (Å²) in [7, 11) is 1.40. The van der Waals surface area contributed by atoms with Crippen LogP contribution < -0.4 is 4.74 Å². The molecule has 0 atom stereocenters. The zero-order chi connectivity index (χ0) is 15.1. The Kier molecular flexibility index (Phi) is 5.81. The lowest BCUT2D eigenvalue weighted by atomic mass is 10.1. The highest BCUT2D eigenvalue weighted by molar-refractivity contribution is 9.10. The summed E-state index contributed by atoms with van der Waals surface area (Å²) in [5, 5.41) is 0. The Hall–Kier alpha value is -1.81. The lowest BCUT2D eigenvalue weighted by Crippen LogP contribution is -2.01. The number of halogens is 1. The first-order valence-electron chi connectivity index (χ1n) is 6.70. The Labute approximate surface area is 133 Å². The summed E-state index contributed by atoms with van der Waals surface area (Å²) in [5.74, 6) is 0.627. The highest BCUT2D eigenvalue weighted by Gasteiger charge is 2.02. The van der Waals surface area contributed by atoms with Crippen LogP contribution in [0, 0.1) is 0 Å². The maximum atomic E-state index is 11.1. The van der Waals surface area contributed by atoms with Gasteiger partial charge < -0.3 is 9.47 Å². The first kappa shape index (κ1) is 15.6. The second-order valence-corrected chi connectivity index (χ2v) is 5.55. The molecule has 0 N–H and O–H groups in total. The smallest absolute Gasteiger partial charge is 0.305 e. The van der Waals surface area contributed by atoms with Crippen molar-refractivity contribution >= 4 is 21.9 Å². The molecule has 2 aromatic rings. The lowest BCUT2D eigenvalue weighted by Gasteiger charge is -2.07. The van der Waals surface area contributed by atoms with Crippen LogP contribution in [0.1, 0.15) is 17.5 Å². The van der Waals surface area contributed by atoms with Crippen molar-refractivity contribution in [2.45, 2.75) is 19.4 Å². The van der Waals surface area contributed by atoms with Crippen LogP contribution in [0.5, 0.6) is 5.75 Å². The van der Waals surface area contributed by atoms with Crippen molar-refractivity contribution in [3.05, 3.63) is 64.1 Å². The Bertz CT molecular complexity index is 593. The van der Waals surface area contributed by atoms with Crippen LogP contribution in [0.3, 0.4) is 0 Å². The molecular formula is C17H17BrO3. The van der Waals surface area contributed by atoms with Gasteiger partial charge in [0.25, 0.3) is 0 Å². The van der Waals surface area contributed by atoms with Gasteiger partial charge in [-0.3, -0.25) is 4.79 Å². The van der Waals surface area contributed by atoms with E-state index in [9.17, 15) is 4.79 Å². The highest BCUT2D eigenvalue weighted by Crippen LogP contribution is 2.17. The summed E-state index contributed by atoms with van der Waals surface area (Å²) in [6.07, 6.45) is 1.08. The number of aryl methyl sites for hydroxylation is 1. The third-order valence-corrected chi connectivity index (χ3v) is 3.56. The molecule has 0 aliphatic rings. The molecular weight excluding hydrogens is 332 g/mol. The van der Waals surface area contributed by atoms with Gasteiger partial charge in [-0.05, 0) is 41.8 Å². The van der Waals surface area contributed by atoms with Crippen molar-refractivity contribution in [2.24, 2.45) is 0 Å². The molecule has 0 bridgehead atoms. The maximum absolute atomic E-state index is 11.1. The largest absolute Gasteiger partial charge is 0.489 e. The zero-order valence-electron chi connectivity index (χ0n) is 11.8. The Balaban J connectivity index is 1.86. The molecule has 4 heteroatoms. The van der Waals surface area contributed by atoms with Crippen molar-refractivity contribution in [3.8, 4) is 5.75 Å². The van der Waals surface area contributed by atoms with Gasteiger partial charge in [-0.1, -0.05) is 40.2 Å². The number of carbonyl (C=O) groups is 1. The maximum Gasteiger partial charge on any atom is 0.305 e. The van der Waals surface area contributed by atoms with Gasteiger partial charge in [0.2, 0.25) is 0 Å². The molecule has 0 aromatic heterocycles. The number of esters is 1. The molecule has 0 saturated carbocycles. The van der Waals surface area contributed by atoms with Crippen molar-refractivity contribution in [3.63, 3.8) is 0 Å². The second kappa shape index (κ2) is 7.84. The van der Waals surface area contributed by atoms with Gasteiger partial charge >= 0.3 is 5.97 Å². The molecule has 0 amide bonds.